The molecule has 0 aromatic heterocycles. The molecule has 0 fully saturated rings. The molecule has 0 bridgehead atoms. The Morgan fingerprint density at radius 3 is 2.11 bits per heavy atom. The molecule has 0 saturated carbocycles. The molecule has 94 valence electrons. The summed E-state index contributed by atoms with van der Waals surface area (Å²) in [5, 5.41) is 13.2. The van der Waals surface area contributed by atoms with Crippen LogP contribution in [0.2, 0.25) is 5.02 Å². The van der Waals surface area contributed by atoms with Crippen LogP contribution in [0.1, 0.15) is 17.2 Å². The van der Waals surface area contributed by atoms with E-state index in [1.165, 1.54) is 0 Å². The molecular weight excluding hydrogens is 256 g/mol. The second kappa shape index (κ2) is 5.04. The van der Waals surface area contributed by atoms with Crippen LogP contribution in [0, 0.1) is 0 Å². The Balaban J connectivity index is 2.18. The van der Waals surface area contributed by atoms with Gasteiger partial charge in [-0.3, -0.25) is 0 Å². The highest BCUT2D eigenvalue weighted by atomic mass is 35.5. The van der Waals surface area contributed by atoms with Crippen molar-refractivity contribution >= 4 is 22.4 Å². The minimum absolute atomic E-state index is 0.636. The Morgan fingerprint density at radius 2 is 1.37 bits per heavy atom. The van der Waals surface area contributed by atoms with Gasteiger partial charge in [-0.15, -0.1) is 0 Å². The maximum Gasteiger partial charge on any atom is 0.105 e. The van der Waals surface area contributed by atoms with Gasteiger partial charge in [-0.1, -0.05) is 72.3 Å². The van der Waals surface area contributed by atoms with Crippen LogP contribution in [-0.2, 0) is 0 Å². The highest BCUT2D eigenvalue weighted by molar-refractivity contribution is 6.35. The summed E-state index contributed by atoms with van der Waals surface area (Å²) < 4.78 is 0. The van der Waals surface area contributed by atoms with Gasteiger partial charge in [0.05, 0.1) is 0 Å². The van der Waals surface area contributed by atoms with Crippen LogP contribution in [0.25, 0.3) is 10.8 Å². The van der Waals surface area contributed by atoms with E-state index in [1.54, 1.807) is 0 Å². The number of aliphatic hydroxyl groups is 1. The van der Waals surface area contributed by atoms with Crippen LogP contribution in [0.3, 0.4) is 0 Å². The average molecular weight is 269 g/mol. The van der Waals surface area contributed by atoms with E-state index in [0.717, 1.165) is 21.9 Å². The lowest BCUT2D eigenvalue weighted by Crippen LogP contribution is -2.00. The molecule has 19 heavy (non-hydrogen) atoms. The third kappa shape index (κ3) is 2.23. The summed E-state index contributed by atoms with van der Waals surface area (Å²) in [6.07, 6.45) is -0.636. The van der Waals surface area contributed by atoms with Gasteiger partial charge in [0, 0.05) is 10.4 Å². The van der Waals surface area contributed by atoms with Gasteiger partial charge >= 0.3 is 0 Å². The van der Waals surface area contributed by atoms with Gasteiger partial charge in [0.15, 0.2) is 0 Å². The molecule has 0 saturated heterocycles. The van der Waals surface area contributed by atoms with Crippen LogP contribution >= 0.6 is 11.6 Å². The van der Waals surface area contributed by atoms with Crippen LogP contribution < -0.4 is 0 Å². The van der Waals surface area contributed by atoms with Gasteiger partial charge in [-0.25, -0.2) is 0 Å². The number of hydrogen-bond acceptors (Lipinski definition) is 1. The lowest BCUT2D eigenvalue weighted by atomic mass is 9.96. The molecule has 0 aliphatic rings. The van der Waals surface area contributed by atoms with Gasteiger partial charge < -0.3 is 5.11 Å². The largest absolute Gasteiger partial charge is 0.384 e. The van der Waals surface area contributed by atoms with E-state index in [0.29, 0.717) is 5.02 Å². The predicted molar refractivity (Wildman–Crippen MR) is 79.5 cm³/mol. The maximum atomic E-state index is 10.5. The highest BCUT2D eigenvalue weighted by Gasteiger charge is 2.14. The van der Waals surface area contributed by atoms with Crippen molar-refractivity contribution in [1.29, 1.82) is 0 Å². The first-order chi connectivity index (χ1) is 9.27. The zero-order valence-corrected chi connectivity index (χ0v) is 11.0. The molecule has 1 N–H and O–H groups in total. The molecule has 0 radical (unpaired) electrons. The number of benzene rings is 3. The number of rotatable bonds is 2. The quantitative estimate of drug-likeness (QED) is 0.722. The van der Waals surface area contributed by atoms with E-state index >= 15 is 0 Å². The third-order valence-corrected chi connectivity index (χ3v) is 3.64. The van der Waals surface area contributed by atoms with E-state index in [-0.39, 0.29) is 0 Å². The molecule has 0 aliphatic carbocycles. The molecular formula is C17H13ClO. The lowest BCUT2D eigenvalue weighted by molar-refractivity contribution is 0.222. The Hall–Kier alpha value is -1.83. The molecule has 1 unspecified atom stereocenters. The summed E-state index contributed by atoms with van der Waals surface area (Å²) in [4.78, 5) is 0. The molecule has 3 rings (SSSR count). The van der Waals surface area contributed by atoms with Crippen molar-refractivity contribution in [3.8, 4) is 0 Å². The third-order valence-electron chi connectivity index (χ3n) is 3.31. The summed E-state index contributed by atoms with van der Waals surface area (Å²) >= 11 is 6.20. The standard InChI is InChI=1S/C17H13ClO/c18-16-11-10-15(13-8-4-5-9-14(13)16)17(19)12-6-2-1-3-7-12/h1-11,17,19H. The second-order valence-corrected chi connectivity index (χ2v) is 4.90. The van der Waals surface area contributed by atoms with E-state index in [2.05, 4.69) is 0 Å². The second-order valence-electron chi connectivity index (χ2n) is 4.50. The number of hydrogen-bond donors (Lipinski definition) is 1. The normalized spacial score (nSPS) is 12.5. The van der Waals surface area contributed by atoms with Crippen molar-refractivity contribution < 1.29 is 5.11 Å². The van der Waals surface area contributed by atoms with Gasteiger partial charge in [0.1, 0.15) is 6.10 Å². The van der Waals surface area contributed by atoms with E-state index in [9.17, 15) is 5.11 Å². The summed E-state index contributed by atoms with van der Waals surface area (Å²) in [6, 6.07) is 21.2. The van der Waals surface area contributed by atoms with Crippen molar-refractivity contribution in [3.63, 3.8) is 0 Å². The smallest absolute Gasteiger partial charge is 0.105 e. The van der Waals surface area contributed by atoms with Gasteiger partial charge in [-0.05, 0) is 22.6 Å². The minimum atomic E-state index is -0.636. The zero-order valence-electron chi connectivity index (χ0n) is 10.3. The number of aliphatic hydroxyl groups excluding tert-OH is 1. The SMILES string of the molecule is OC(c1ccccc1)c1ccc(Cl)c2ccccc12. The minimum Gasteiger partial charge on any atom is -0.384 e. The highest BCUT2D eigenvalue weighted by Crippen LogP contribution is 2.32. The van der Waals surface area contributed by atoms with Gasteiger partial charge in [0.2, 0.25) is 0 Å². The van der Waals surface area contributed by atoms with Crippen molar-refractivity contribution in [1.82, 2.24) is 0 Å². The molecule has 0 amide bonds. The van der Waals surface area contributed by atoms with Gasteiger partial charge in [0.25, 0.3) is 0 Å². The van der Waals surface area contributed by atoms with E-state index < -0.39 is 6.10 Å². The van der Waals surface area contributed by atoms with Crippen LogP contribution in [0.4, 0.5) is 0 Å². The van der Waals surface area contributed by atoms with Crippen LogP contribution in [0.15, 0.2) is 66.7 Å². The first-order valence-electron chi connectivity index (χ1n) is 6.17. The number of halogens is 1. The molecule has 0 spiro atoms. The summed E-state index contributed by atoms with van der Waals surface area (Å²) in [6.45, 7) is 0. The first-order valence-corrected chi connectivity index (χ1v) is 6.55. The Kier molecular flexibility index (Phi) is 3.24. The number of fused-ring (bicyclic) bond motifs is 1. The van der Waals surface area contributed by atoms with Crippen molar-refractivity contribution in [2.45, 2.75) is 6.10 Å². The Morgan fingerprint density at radius 1 is 0.737 bits per heavy atom. The van der Waals surface area contributed by atoms with E-state index in [1.807, 2.05) is 66.7 Å². The summed E-state index contributed by atoms with van der Waals surface area (Å²) in [7, 11) is 0. The molecule has 1 atom stereocenters. The fourth-order valence-corrected chi connectivity index (χ4v) is 2.57. The molecule has 0 heterocycles. The molecule has 2 heteroatoms. The molecule has 1 nitrogen and oxygen atoms in total. The van der Waals surface area contributed by atoms with Crippen LogP contribution in [0.5, 0.6) is 0 Å². The zero-order chi connectivity index (χ0) is 13.2. The fourth-order valence-electron chi connectivity index (χ4n) is 2.34. The molecule has 3 aromatic carbocycles. The fraction of sp³-hybridized carbons (Fsp3) is 0.0588. The monoisotopic (exact) mass is 268 g/mol. The maximum absolute atomic E-state index is 10.5. The average Bonchev–Trinajstić information content (AvgIpc) is 2.48. The Bertz CT molecular complexity index is 707. The molecule has 3 aromatic rings. The van der Waals surface area contributed by atoms with Crippen molar-refractivity contribution in [3.05, 3.63) is 82.9 Å². The van der Waals surface area contributed by atoms with Crippen molar-refractivity contribution in [2.24, 2.45) is 0 Å². The Labute approximate surface area is 117 Å². The lowest BCUT2D eigenvalue weighted by Gasteiger charge is -2.15. The summed E-state index contributed by atoms with van der Waals surface area (Å²) in [5.74, 6) is 0. The topological polar surface area (TPSA) is 20.2 Å². The van der Waals surface area contributed by atoms with Crippen molar-refractivity contribution in [2.75, 3.05) is 0 Å². The summed E-state index contributed by atoms with van der Waals surface area (Å²) in [5.41, 5.74) is 1.76. The van der Waals surface area contributed by atoms with E-state index in [4.69, 9.17) is 11.6 Å². The van der Waals surface area contributed by atoms with Crippen LogP contribution in [-0.4, -0.2) is 5.11 Å². The predicted octanol–water partition coefficient (Wildman–Crippen LogP) is 4.57. The first kappa shape index (κ1) is 12.2. The molecule has 0 aliphatic heterocycles. The van der Waals surface area contributed by atoms with Gasteiger partial charge in [-0.2, -0.15) is 0 Å².